The molecule has 0 radical (unpaired) electrons. The molecule has 6 nitrogen and oxygen atoms in total. The van der Waals surface area contributed by atoms with Crippen molar-refractivity contribution in [1.29, 1.82) is 0 Å². The summed E-state index contributed by atoms with van der Waals surface area (Å²) >= 11 is 0. The van der Waals surface area contributed by atoms with E-state index in [0.29, 0.717) is 17.1 Å². The van der Waals surface area contributed by atoms with E-state index in [1.54, 1.807) is 21.0 Å². The van der Waals surface area contributed by atoms with E-state index in [0.717, 1.165) is 19.3 Å². The summed E-state index contributed by atoms with van der Waals surface area (Å²) in [6.45, 7) is 1.78. The molecule has 0 saturated heterocycles. The number of amides is 2. The van der Waals surface area contributed by atoms with Gasteiger partial charge in [0.15, 0.2) is 0 Å². The molecule has 0 aliphatic heterocycles. The van der Waals surface area contributed by atoms with Crippen LogP contribution in [0.25, 0.3) is 0 Å². The van der Waals surface area contributed by atoms with Gasteiger partial charge in [0.25, 0.3) is 5.91 Å². The first kappa shape index (κ1) is 12.6. The van der Waals surface area contributed by atoms with E-state index >= 15 is 0 Å². The largest absolute Gasteiger partial charge is 0.354 e. The average Bonchev–Trinajstić information content (AvgIpc) is 2.50. The van der Waals surface area contributed by atoms with Crippen LogP contribution in [0.5, 0.6) is 0 Å². The smallest absolute Gasteiger partial charge is 0.271 e. The molecule has 0 aromatic carbocycles. The number of aromatic nitrogens is 2. The molecule has 1 fully saturated rings. The Labute approximate surface area is 106 Å². The van der Waals surface area contributed by atoms with E-state index in [4.69, 9.17) is 0 Å². The number of nitrogens with one attached hydrogen (secondary N) is 2. The predicted molar refractivity (Wildman–Crippen MR) is 67.3 cm³/mol. The maximum Gasteiger partial charge on any atom is 0.271 e. The Kier molecular flexibility index (Phi) is 3.36. The minimum absolute atomic E-state index is 0.0116. The van der Waals surface area contributed by atoms with E-state index in [2.05, 4.69) is 15.7 Å². The van der Waals surface area contributed by atoms with Gasteiger partial charge in [-0.05, 0) is 19.8 Å². The van der Waals surface area contributed by atoms with Gasteiger partial charge in [0.05, 0.1) is 11.4 Å². The monoisotopic (exact) mass is 250 g/mol. The van der Waals surface area contributed by atoms with Crippen molar-refractivity contribution < 1.29 is 9.59 Å². The Morgan fingerprint density at radius 2 is 2.06 bits per heavy atom. The lowest BCUT2D eigenvalue weighted by atomic mass is 9.85. The van der Waals surface area contributed by atoms with Crippen LogP contribution in [0.3, 0.4) is 0 Å². The summed E-state index contributed by atoms with van der Waals surface area (Å²) in [7, 11) is 3.25. The lowest BCUT2D eigenvalue weighted by molar-refractivity contribution is -0.122. The third kappa shape index (κ3) is 2.10. The van der Waals surface area contributed by atoms with Gasteiger partial charge in [-0.1, -0.05) is 6.42 Å². The number of carbonyl (C=O) groups excluding carboxylic acids is 2. The molecule has 2 amide bonds. The number of hydrogen-bond acceptors (Lipinski definition) is 3. The van der Waals surface area contributed by atoms with Crippen molar-refractivity contribution in [2.75, 3.05) is 12.4 Å². The van der Waals surface area contributed by atoms with Gasteiger partial charge in [0.1, 0.15) is 5.69 Å². The molecule has 2 rings (SSSR count). The SMILES string of the molecule is CNC(=O)c1c(NC(=O)C2CCC2)c(C)nn1C. The van der Waals surface area contributed by atoms with Crippen LogP contribution in [0.2, 0.25) is 0 Å². The molecule has 6 heteroatoms. The highest BCUT2D eigenvalue weighted by atomic mass is 16.2. The van der Waals surface area contributed by atoms with Crippen LogP contribution in [0.4, 0.5) is 5.69 Å². The number of anilines is 1. The van der Waals surface area contributed by atoms with Crippen molar-refractivity contribution in [2.45, 2.75) is 26.2 Å². The maximum absolute atomic E-state index is 11.9. The van der Waals surface area contributed by atoms with Crippen molar-refractivity contribution >= 4 is 17.5 Å². The van der Waals surface area contributed by atoms with Gasteiger partial charge in [-0.15, -0.1) is 0 Å². The molecular weight excluding hydrogens is 232 g/mol. The van der Waals surface area contributed by atoms with E-state index < -0.39 is 0 Å². The topological polar surface area (TPSA) is 76.0 Å². The minimum atomic E-state index is -0.248. The van der Waals surface area contributed by atoms with Crippen molar-refractivity contribution in [3.8, 4) is 0 Å². The van der Waals surface area contributed by atoms with E-state index in [9.17, 15) is 9.59 Å². The predicted octanol–water partition coefficient (Wildman–Crippen LogP) is 0.827. The summed E-state index contributed by atoms with van der Waals surface area (Å²) < 4.78 is 1.49. The Bertz CT molecular complexity index is 489. The number of aryl methyl sites for hydroxylation is 2. The molecule has 98 valence electrons. The number of carbonyl (C=O) groups is 2. The first-order valence-electron chi connectivity index (χ1n) is 6.11. The van der Waals surface area contributed by atoms with Gasteiger partial charge in [-0.3, -0.25) is 14.3 Å². The summed E-state index contributed by atoms with van der Waals surface area (Å²) in [6, 6.07) is 0. The van der Waals surface area contributed by atoms with E-state index in [1.807, 2.05) is 0 Å². The zero-order valence-electron chi connectivity index (χ0n) is 10.9. The first-order valence-corrected chi connectivity index (χ1v) is 6.11. The summed E-state index contributed by atoms with van der Waals surface area (Å²) in [5.74, 6) is -0.174. The number of hydrogen-bond donors (Lipinski definition) is 2. The van der Waals surface area contributed by atoms with Gasteiger partial charge >= 0.3 is 0 Å². The molecule has 0 unspecified atom stereocenters. The third-order valence-corrected chi connectivity index (χ3v) is 3.39. The molecule has 1 aliphatic rings. The highest BCUT2D eigenvalue weighted by molar-refractivity contribution is 6.03. The zero-order valence-corrected chi connectivity index (χ0v) is 10.9. The van der Waals surface area contributed by atoms with Crippen LogP contribution in [0.15, 0.2) is 0 Å². The Balaban J connectivity index is 2.25. The molecule has 18 heavy (non-hydrogen) atoms. The minimum Gasteiger partial charge on any atom is -0.354 e. The Morgan fingerprint density at radius 3 is 2.56 bits per heavy atom. The molecule has 1 heterocycles. The van der Waals surface area contributed by atoms with Crippen molar-refractivity contribution in [3.63, 3.8) is 0 Å². The van der Waals surface area contributed by atoms with Gasteiger partial charge in [-0.25, -0.2) is 0 Å². The lowest BCUT2D eigenvalue weighted by Gasteiger charge is -2.24. The van der Waals surface area contributed by atoms with E-state index in [1.165, 1.54) is 4.68 Å². The molecule has 1 aromatic rings. The van der Waals surface area contributed by atoms with Crippen molar-refractivity contribution in [1.82, 2.24) is 15.1 Å². The summed E-state index contributed by atoms with van der Waals surface area (Å²) in [5, 5.41) is 9.57. The molecule has 0 spiro atoms. The van der Waals surface area contributed by atoms with Crippen LogP contribution < -0.4 is 10.6 Å². The third-order valence-electron chi connectivity index (χ3n) is 3.39. The maximum atomic E-state index is 11.9. The van der Waals surface area contributed by atoms with E-state index in [-0.39, 0.29) is 17.7 Å². The molecule has 1 saturated carbocycles. The van der Waals surface area contributed by atoms with Crippen molar-refractivity contribution in [3.05, 3.63) is 11.4 Å². The Hall–Kier alpha value is -1.85. The molecule has 1 aromatic heterocycles. The highest BCUT2D eigenvalue weighted by Crippen LogP contribution is 2.29. The average molecular weight is 250 g/mol. The summed E-state index contributed by atoms with van der Waals surface area (Å²) in [4.78, 5) is 23.7. The number of nitrogens with zero attached hydrogens (tertiary/aromatic N) is 2. The van der Waals surface area contributed by atoms with Crippen LogP contribution in [-0.4, -0.2) is 28.6 Å². The number of rotatable bonds is 3. The second-order valence-electron chi connectivity index (χ2n) is 4.63. The Morgan fingerprint density at radius 1 is 1.39 bits per heavy atom. The van der Waals surface area contributed by atoms with Crippen LogP contribution >= 0.6 is 0 Å². The quantitative estimate of drug-likeness (QED) is 0.834. The second kappa shape index (κ2) is 4.80. The fourth-order valence-electron chi connectivity index (χ4n) is 2.08. The summed E-state index contributed by atoms with van der Waals surface area (Å²) in [6.07, 6.45) is 2.97. The normalized spacial score (nSPS) is 15.1. The zero-order chi connectivity index (χ0) is 13.3. The van der Waals surface area contributed by atoms with Gasteiger partial charge < -0.3 is 10.6 Å². The van der Waals surface area contributed by atoms with Crippen molar-refractivity contribution in [2.24, 2.45) is 13.0 Å². The van der Waals surface area contributed by atoms with Gasteiger partial charge in [0.2, 0.25) is 5.91 Å². The molecular formula is C12H18N4O2. The lowest BCUT2D eigenvalue weighted by Crippen LogP contribution is -2.30. The molecule has 0 atom stereocenters. The molecule has 0 bridgehead atoms. The van der Waals surface area contributed by atoms with Gasteiger partial charge in [-0.2, -0.15) is 5.10 Å². The highest BCUT2D eigenvalue weighted by Gasteiger charge is 2.28. The van der Waals surface area contributed by atoms with Gasteiger partial charge in [0, 0.05) is 20.0 Å². The van der Waals surface area contributed by atoms with Crippen LogP contribution in [-0.2, 0) is 11.8 Å². The standard InChI is InChI=1S/C12H18N4O2/c1-7-9(14-11(17)8-5-4-6-8)10(12(18)13-2)16(3)15-7/h8H,4-6H2,1-3H3,(H,13,18)(H,14,17). The van der Waals surface area contributed by atoms with Crippen LogP contribution in [0.1, 0.15) is 35.4 Å². The fourth-order valence-corrected chi connectivity index (χ4v) is 2.08. The first-order chi connectivity index (χ1) is 8.54. The molecule has 2 N–H and O–H groups in total. The molecule has 1 aliphatic carbocycles. The van der Waals surface area contributed by atoms with Crippen LogP contribution in [0, 0.1) is 12.8 Å². The summed E-state index contributed by atoms with van der Waals surface area (Å²) in [5.41, 5.74) is 1.57. The second-order valence-corrected chi connectivity index (χ2v) is 4.63. The fraction of sp³-hybridized carbons (Fsp3) is 0.583.